The van der Waals surface area contributed by atoms with Crippen molar-refractivity contribution in [1.82, 2.24) is 9.47 Å². The van der Waals surface area contributed by atoms with Gasteiger partial charge in [0.15, 0.2) is 11.5 Å². The van der Waals surface area contributed by atoms with Gasteiger partial charge in [-0.15, -0.1) is 0 Å². The van der Waals surface area contributed by atoms with Crippen molar-refractivity contribution in [1.29, 1.82) is 0 Å². The molecule has 3 rings (SSSR count). The van der Waals surface area contributed by atoms with Gasteiger partial charge in [0, 0.05) is 19.3 Å². The van der Waals surface area contributed by atoms with Crippen molar-refractivity contribution in [3.63, 3.8) is 0 Å². The maximum Gasteiger partial charge on any atom is 0.259 e. The Morgan fingerprint density at radius 1 is 1.03 bits per heavy atom. The van der Waals surface area contributed by atoms with Crippen LogP contribution in [0.2, 0.25) is 0 Å². The second-order valence-electron chi connectivity index (χ2n) is 7.65. The fourth-order valence-electron chi connectivity index (χ4n) is 4.25. The molecule has 1 aliphatic heterocycles. The molecule has 0 aliphatic carbocycles. The zero-order valence-electron chi connectivity index (χ0n) is 18.3. The van der Waals surface area contributed by atoms with Crippen LogP contribution in [0.25, 0.3) is 0 Å². The molecule has 1 aromatic heterocycles. The first-order valence-electron chi connectivity index (χ1n) is 10.4. The third-order valence-electron chi connectivity index (χ3n) is 5.79. The van der Waals surface area contributed by atoms with E-state index in [1.54, 1.807) is 32.0 Å². The van der Waals surface area contributed by atoms with Crippen molar-refractivity contribution in [2.45, 2.75) is 38.8 Å². The molecule has 1 aromatic carbocycles. The molecule has 1 saturated heterocycles. The number of nitrogens with zero attached hydrogens (tertiary/aromatic N) is 2. The highest BCUT2D eigenvalue weighted by Gasteiger charge is 2.30. The van der Waals surface area contributed by atoms with Gasteiger partial charge in [-0.2, -0.15) is 0 Å². The normalized spacial score (nSPS) is 15.7. The lowest BCUT2D eigenvalue weighted by Crippen LogP contribution is -2.39. The second-order valence-corrected chi connectivity index (χ2v) is 7.65. The molecule has 1 aliphatic rings. The van der Waals surface area contributed by atoms with Crippen LogP contribution in [-0.2, 0) is 11.3 Å². The van der Waals surface area contributed by atoms with Crippen molar-refractivity contribution in [2.24, 2.45) is 0 Å². The summed E-state index contributed by atoms with van der Waals surface area (Å²) in [5.74, 6) is 1.25. The Bertz CT molecular complexity index is 919. The summed E-state index contributed by atoms with van der Waals surface area (Å²) in [5, 5.41) is 10.9. The Labute approximate surface area is 177 Å². The first-order valence-corrected chi connectivity index (χ1v) is 10.4. The van der Waals surface area contributed by atoms with Crippen LogP contribution in [0.1, 0.15) is 42.1 Å². The lowest BCUT2D eigenvalue weighted by molar-refractivity contribution is 0.178. The number of hydrogen-bond acceptors (Lipinski definition) is 6. The zero-order valence-corrected chi connectivity index (χ0v) is 18.3. The van der Waals surface area contributed by atoms with E-state index in [1.165, 1.54) is 6.42 Å². The molecule has 164 valence electrons. The molecule has 0 bridgehead atoms. The standard InChI is InChI=1S/C23H32N2O5/c1-16-14-18(26)21(23(27)25(16)12-13-28-2)22(24-10-6-5-7-11-24)17-8-9-19(29-3)20(15-17)30-4/h8-9,14-15,22,26H,5-7,10-13H2,1-4H3/t22-/m1/s1. The summed E-state index contributed by atoms with van der Waals surface area (Å²) < 4.78 is 17.7. The maximum absolute atomic E-state index is 13.5. The molecule has 7 heteroatoms. The number of piperidine rings is 1. The summed E-state index contributed by atoms with van der Waals surface area (Å²) in [6.07, 6.45) is 3.30. The Hall–Kier alpha value is -2.51. The molecule has 1 fully saturated rings. The van der Waals surface area contributed by atoms with Gasteiger partial charge < -0.3 is 23.9 Å². The number of pyridine rings is 1. The van der Waals surface area contributed by atoms with Gasteiger partial charge in [0.1, 0.15) is 5.75 Å². The number of ether oxygens (including phenoxy) is 3. The predicted octanol–water partition coefficient (Wildman–Crippen LogP) is 3.10. The highest BCUT2D eigenvalue weighted by atomic mass is 16.5. The lowest BCUT2D eigenvalue weighted by atomic mass is 9.94. The van der Waals surface area contributed by atoms with Crippen molar-refractivity contribution < 1.29 is 19.3 Å². The van der Waals surface area contributed by atoms with E-state index in [1.807, 2.05) is 25.1 Å². The van der Waals surface area contributed by atoms with E-state index in [-0.39, 0.29) is 17.4 Å². The molecule has 7 nitrogen and oxygen atoms in total. The molecule has 0 spiro atoms. The Balaban J connectivity index is 2.18. The minimum absolute atomic E-state index is 0.0246. The molecule has 1 N–H and O–H groups in total. The topological polar surface area (TPSA) is 73.2 Å². The third kappa shape index (κ3) is 4.47. The van der Waals surface area contributed by atoms with Gasteiger partial charge in [0.2, 0.25) is 0 Å². The number of aromatic nitrogens is 1. The highest BCUT2D eigenvalue weighted by Crippen LogP contribution is 2.38. The number of likely N-dealkylation sites (tertiary alicyclic amines) is 1. The monoisotopic (exact) mass is 416 g/mol. The van der Waals surface area contributed by atoms with Gasteiger partial charge in [-0.1, -0.05) is 12.5 Å². The van der Waals surface area contributed by atoms with Gasteiger partial charge in [-0.25, -0.2) is 0 Å². The first kappa shape index (κ1) is 22.2. The van der Waals surface area contributed by atoms with E-state index >= 15 is 0 Å². The number of methoxy groups -OCH3 is 3. The zero-order chi connectivity index (χ0) is 21.7. The fraction of sp³-hybridized carbons (Fsp3) is 0.522. The summed E-state index contributed by atoms with van der Waals surface area (Å²) >= 11 is 0. The van der Waals surface area contributed by atoms with Crippen LogP contribution < -0.4 is 15.0 Å². The number of hydrogen-bond donors (Lipinski definition) is 1. The van der Waals surface area contributed by atoms with E-state index in [0.29, 0.717) is 35.9 Å². The van der Waals surface area contributed by atoms with E-state index in [0.717, 1.165) is 31.5 Å². The lowest BCUT2D eigenvalue weighted by Gasteiger charge is -2.35. The molecule has 0 radical (unpaired) electrons. The fourth-order valence-corrected chi connectivity index (χ4v) is 4.25. The molecule has 0 saturated carbocycles. The van der Waals surface area contributed by atoms with Crippen LogP contribution >= 0.6 is 0 Å². The van der Waals surface area contributed by atoms with Gasteiger partial charge in [0.25, 0.3) is 5.56 Å². The SMILES string of the molecule is COCCn1c(C)cc(O)c([C@@H](c2ccc(OC)c(OC)c2)N2CCCCC2)c1=O. The van der Waals surface area contributed by atoms with Crippen LogP contribution in [0.15, 0.2) is 29.1 Å². The Morgan fingerprint density at radius 2 is 1.73 bits per heavy atom. The van der Waals surface area contributed by atoms with Gasteiger partial charge in [0.05, 0.1) is 32.4 Å². The third-order valence-corrected chi connectivity index (χ3v) is 5.79. The smallest absolute Gasteiger partial charge is 0.259 e. The van der Waals surface area contributed by atoms with Crippen LogP contribution in [0.4, 0.5) is 0 Å². The molecule has 2 aromatic rings. The summed E-state index contributed by atoms with van der Waals surface area (Å²) in [4.78, 5) is 15.8. The Morgan fingerprint density at radius 3 is 2.37 bits per heavy atom. The van der Waals surface area contributed by atoms with Crippen LogP contribution in [0, 0.1) is 6.92 Å². The number of rotatable bonds is 8. The second kappa shape index (κ2) is 10.00. The highest BCUT2D eigenvalue weighted by molar-refractivity contribution is 5.48. The minimum atomic E-state index is -0.369. The predicted molar refractivity (Wildman–Crippen MR) is 116 cm³/mol. The number of benzene rings is 1. The summed E-state index contributed by atoms with van der Waals surface area (Å²) in [7, 11) is 4.81. The largest absolute Gasteiger partial charge is 0.507 e. The summed E-state index contributed by atoms with van der Waals surface area (Å²) in [6.45, 7) is 4.42. The number of aromatic hydroxyl groups is 1. The van der Waals surface area contributed by atoms with Crippen molar-refractivity contribution in [3.8, 4) is 17.2 Å². The first-order chi connectivity index (χ1) is 14.5. The molecule has 30 heavy (non-hydrogen) atoms. The molecular formula is C23H32N2O5. The molecule has 2 heterocycles. The molecule has 1 atom stereocenters. The summed E-state index contributed by atoms with van der Waals surface area (Å²) in [6, 6.07) is 6.99. The van der Waals surface area contributed by atoms with Crippen molar-refractivity contribution in [3.05, 3.63) is 51.4 Å². The summed E-state index contributed by atoms with van der Waals surface area (Å²) in [5.41, 5.74) is 1.81. The minimum Gasteiger partial charge on any atom is -0.507 e. The quantitative estimate of drug-likeness (QED) is 0.713. The maximum atomic E-state index is 13.5. The molecule has 0 amide bonds. The number of aryl methyl sites for hydroxylation is 1. The van der Waals surface area contributed by atoms with Gasteiger partial charge in [-0.05, 0) is 56.6 Å². The van der Waals surface area contributed by atoms with Crippen molar-refractivity contribution >= 4 is 0 Å². The van der Waals surface area contributed by atoms with E-state index in [2.05, 4.69) is 4.90 Å². The Kier molecular flexibility index (Phi) is 7.39. The van der Waals surface area contributed by atoms with E-state index < -0.39 is 0 Å². The van der Waals surface area contributed by atoms with Crippen LogP contribution in [-0.4, -0.2) is 55.6 Å². The van der Waals surface area contributed by atoms with Crippen LogP contribution in [0.5, 0.6) is 17.2 Å². The van der Waals surface area contributed by atoms with Gasteiger partial charge >= 0.3 is 0 Å². The van der Waals surface area contributed by atoms with Crippen molar-refractivity contribution in [2.75, 3.05) is 41.0 Å². The average Bonchev–Trinajstić information content (AvgIpc) is 2.76. The van der Waals surface area contributed by atoms with E-state index in [9.17, 15) is 9.90 Å². The van der Waals surface area contributed by atoms with Gasteiger partial charge in [-0.3, -0.25) is 9.69 Å². The molecular weight excluding hydrogens is 384 g/mol. The average molecular weight is 417 g/mol. The van der Waals surface area contributed by atoms with E-state index in [4.69, 9.17) is 14.2 Å². The van der Waals surface area contributed by atoms with Crippen LogP contribution in [0.3, 0.4) is 0 Å². The molecule has 0 unspecified atom stereocenters.